The van der Waals surface area contributed by atoms with E-state index in [1.165, 1.54) is 31.4 Å². The summed E-state index contributed by atoms with van der Waals surface area (Å²) in [5.41, 5.74) is 6.35. The smallest absolute Gasteiger partial charge is 0.0798 e. The van der Waals surface area contributed by atoms with E-state index in [4.69, 9.17) is 2.74 Å². The Kier molecular flexibility index (Phi) is 10.4. The van der Waals surface area contributed by atoms with Crippen molar-refractivity contribution in [3.8, 4) is 22.5 Å². The van der Waals surface area contributed by atoms with Gasteiger partial charge in [-0.15, -0.1) is 59.7 Å². The van der Waals surface area contributed by atoms with Gasteiger partial charge in [-0.1, -0.05) is 122 Å². The van der Waals surface area contributed by atoms with E-state index in [1.54, 1.807) is 23.6 Å². The first-order valence-corrected chi connectivity index (χ1v) is 25.3. The van der Waals surface area contributed by atoms with Crippen molar-refractivity contribution < 1.29 is 22.8 Å². The van der Waals surface area contributed by atoms with Gasteiger partial charge in [0.1, 0.15) is 0 Å². The molecular weight excluding hydrogens is 861 g/mol. The number of hydrogen-bond acceptors (Lipinski definition) is 3. The van der Waals surface area contributed by atoms with Gasteiger partial charge in [0.25, 0.3) is 0 Å². The van der Waals surface area contributed by atoms with Gasteiger partial charge >= 0.3 is 0 Å². The number of hydrogen-bond donors (Lipinski definition) is 0. The number of nitrogens with zero attached hydrogens (tertiary/aromatic N) is 2. The Hall–Kier alpha value is -4.04. The van der Waals surface area contributed by atoms with Crippen molar-refractivity contribution in [1.82, 2.24) is 9.97 Å². The van der Waals surface area contributed by atoms with Crippen molar-refractivity contribution in [2.75, 3.05) is 0 Å². The van der Waals surface area contributed by atoms with Crippen LogP contribution in [-0.2, 0) is 26.5 Å². The van der Waals surface area contributed by atoms with Gasteiger partial charge in [-0.2, -0.15) is 11.3 Å². The average molecular weight is 907 g/mol. The molecule has 263 valence electrons. The molecule has 0 atom stereocenters. The van der Waals surface area contributed by atoms with E-state index in [0.29, 0.717) is 11.1 Å². The predicted molar refractivity (Wildman–Crippen MR) is 227 cm³/mol. The molecule has 0 saturated heterocycles. The minimum atomic E-state index is -1.65. The summed E-state index contributed by atoms with van der Waals surface area (Å²) in [6.45, 7) is 16.4. The summed E-state index contributed by atoms with van der Waals surface area (Å²) in [5.74, 6) is 0. The van der Waals surface area contributed by atoms with Gasteiger partial charge in [0, 0.05) is 39.9 Å². The summed E-state index contributed by atoms with van der Waals surface area (Å²) in [6, 6.07) is 45.3. The zero-order chi connectivity index (χ0) is 37.5. The van der Waals surface area contributed by atoms with Crippen LogP contribution in [0.1, 0.15) is 19.4 Å². The van der Waals surface area contributed by atoms with Crippen molar-refractivity contribution in [3.05, 3.63) is 156 Å². The fourth-order valence-electron chi connectivity index (χ4n) is 6.52. The molecule has 3 aromatic heterocycles. The Bertz CT molecular complexity index is 2590. The zero-order valence-corrected chi connectivity index (χ0v) is 36.0. The third kappa shape index (κ3) is 8.28. The van der Waals surface area contributed by atoms with Crippen LogP contribution in [0.5, 0.6) is 0 Å². The van der Waals surface area contributed by atoms with Crippen LogP contribution >= 0.6 is 11.3 Å². The van der Waals surface area contributed by atoms with Crippen LogP contribution in [0.2, 0.25) is 39.3 Å². The minimum Gasteiger partial charge on any atom is -0.305 e. The first-order valence-electron chi connectivity index (χ1n) is 18.5. The molecule has 2 nitrogen and oxygen atoms in total. The molecule has 0 amide bonds. The van der Waals surface area contributed by atoms with Crippen LogP contribution in [0.25, 0.3) is 53.5 Å². The van der Waals surface area contributed by atoms with Crippen LogP contribution in [0.3, 0.4) is 0 Å². The van der Waals surface area contributed by atoms with Crippen molar-refractivity contribution >= 4 is 68.8 Å². The molecule has 0 aliphatic heterocycles. The first-order chi connectivity index (χ1) is 25.2. The third-order valence-electron chi connectivity index (χ3n) is 9.26. The molecule has 0 aliphatic carbocycles. The first kappa shape index (κ1) is 35.0. The van der Waals surface area contributed by atoms with E-state index in [1.807, 2.05) is 72.8 Å². The van der Waals surface area contributed by atoms with E-state index in [2.05, 4.69) is 111 Å². The number of benzene rings is 5. The molecule has 0 aliphatic rings. The Balaban J connectivity index is 0.000000233. The number of thiophene rings is 1. The van der Waals surface area contributed by atoms with Crippen LogP contribution in [0, 0.1) is 19.1 Å². The van der Waals surface area contributed by atoms with Crippen molar-refractivity contribution in [1.29, 1.82) is 0 Å². The van der Waals surface area contributed by atoms with Gasteiger partial charge in [0.15, 0.2) is 0 Å². The van der Waals surface area contributed by atoms with E-state index in [-0.39, 0.29) is 20.1 Å². The number of aryl methyl sites for hydroxylation is 1. The average Bonchev–Trinajstić information content (AvgIpc) is 3.53. The molecule has 1 radical (unpaired) electrons. The molecule has 6 heteroatoms. The number of fused-ring (bicyclic) bond motifs is 4. The molecular formula is C46H44IrN2SSi2-2. The maximum atomic E-state index is 9.01. The van der Waals surface area contributed by atoms with E-state index >= 15 is 0 Å². The van der Waals surface area contributed by atoms with Crippen LogP contribution < -0.4 is 10.4 Å². The molecule has 0 fully saturated rings. The summed E-state index contributed by atoms with van der Waals surface area (Å²) in [5, 5.41) is 7.50. The van der Waals surface area contributed by atoms with E-state index in [0.717, 1.165) is 38.0 Å². The molecule has 8 aromatic rings. The summed E-state index contributed by atoms with van der Waals surface area (Å²) in [7, 11) is -2.68. The Morgan fingerprint density at radius 2 is 1.44 bits per heavy atom. The minimum absolute atomic E-state index is 0. The maximum absolute atomic E-state index is 9.01. The van der Waals surface area contributed by atoms with Crippen LogP contribution in [0.4, 0.5) is 0 Å². The monoisotopic (exact) mass is 907 g/mol. The molecule has 0 N–H and O–H groups in total. The van der Waals surface area contributed by atoms with E-state index in [9.17, 15) is 0 Å². The molecule has 0 spiro atoms. The van der Waals surface area contributed by atoms with Crippen molar-refractivity contribution in [3.63, 3.8) is 0 Å². The van der Waals surface area contributed by atoms with Crippen molar-refractivity contribution in [2.24, 2.45) is 0 Å². The van der Waals surface area contributed by atoms with Gasteiger partial charge in [-0.25, -0.2) is 0 Å². The van der Waals surface area contributed by atoms with Crippen molar-refractivity contribution in [2.45, 2.75) is 52.6 Å². The van der Waals surface area contributed by atoms with Gasteiger partial charge in [0.2, 0.25) is 0 Å². The molecule has 8 rings (SSSR count). The quantitative estimate of drug-likeness (QED) is 0.123. The molecule has 3 heterocycles. The molecule has 0 saturated carbocycles. The molecule has 0 bridgehead atoms. The SMILES string of the molecule is Cc1cc(-c2[c-]cccc2)ncc1[Si](C)(C)C.[2H]C([2H])(c1ccnc(-c2[c-]ccc3c2sc2cc([Si](C)(C)C)ccc23)c1)c1ccc2ccccc2c1.[Ir]. The van der Waals surface area contributed by atoms with Crippen LogP contribution in [-0.4, -0.2) is 26.1 Å². The fourth-order valence-corrected chi connectivity index (χ4v) is 10.7. The molecule has 0 unspecified atom stereocenters. The second kappa shape index (κ2) is 15.5. The zero-order valence-electron chi connectivity index (χ0n) is 32.8. The van der Waals surface area contributed by atoms with Gasteiger partial charge in [-0.3, -0.25) is 0 Å². The molecule has 52 heavy (non-hydrogen) atoms. The Morgan fingerprint density at radius 3 is 2.17 bits per heavy atom. The second-order valence-corrected chi connectivity index (χ2v) is 26.4. The second-order valence-electron chi connectivity index (χ2n) is 15.2. The largest absolute Gasteiger partial charge is 0.305 e. The standard InChI is InChI=1S/C31H26NSSi.C15H18NSi.Ir/c1-34(2,3)25-13-14-26-27-9-6-10-28(31(27)33-30(26)20-25)29-19-22(15-16-32-29)17-21-11-12-23-7-4-5-8-24(23)18-21;1-12-10-14(13-8-6-5-7-9-13)16-11-15(12)17(2,3)4;/h4-9,11-16,18-20H,17H2,1-3H3;5-8,10-11H,1-4H3;/q2*-1;/i17D2;;. The van der Waals surface area contributed by atoms with Gasteiger partial charge < -0.3 is 9.97 Å². The topological polar surface area (TPSA) is 25.8 Å². The third-order valence-corrected chi connectivity index (χ3v) is 14.6. The van der Waals surface area contributed by atoms with E-state index < -0.39 is 22.5 Å². The summed E-state index contributed by atoms with van der Waals surface area (Å²) in [6.07, 6.45) is 2.12. The Labute approximate surface area is 331 Å². The number of aromatic nitrogens is 2. The number of pyridine rings is 2. The fraction of sp³-hybridized carbons (Fsp3) is 0.174. The van der Waals surface area contributed by atoms with Gasteiger partial charge in [0.05, 0.1) is 16.1 Å². The maximum Gasteiger partial charge on any atom is 0.0798 e. The summed E-state index contributed by atoms with van der Waals surface area (Å²) < 4.78 is 20.5. The Morgan fingerprint density at radius 1 is 0.673 bits per heavy atom. The van der Waals surface area contributed by atoms with Crippen LogP contribution in [0.15, 0.2) is 128 Å². The van der Waals surface area contributed by atoms with Gasteiger partial charge in [-0.05, 0) is 74.0 Å². The molecule has 5 aromatic carbocycles. The number of rotatable bonds is 6. The normalized spacial score (nSPS) is 12.5. The summed E-state index contributed by atoms with van der Waals surface area (Å²) >= 11 is 1.78. The predicted octanol–water partition coefficient (Wildman–Crippen LogP) is 11.6. The summed E-state index contributed by atoms with van der Waals surface area (Å²) in [4.78, 5) is 9.24.